The van der Waals surface area contributed by atoms with Crippen molar-refractivity contribution in [1.29, 1.82) is 0 Å². The molecule has 2 amide bonds. The number of urea groups is 1. The summed E-state index contributed by atoms with van der Waals surface area (Å²) in [5.74, 6) is 0.693. The highest BCUT2D eigenvalue weighted by molar-refractivity contribution is 7.10. The van der Waals surface area contributed by atoms with Gasteiger partial charge in [0.2, 0.25) is 0 Å². The van der Waals surface area contributed by atoms with Crippen LogP contribution >= 0.6 is 11.3 Å². The molecule has 1 fully saturated rings. The minimum Gasteiger partial charge on any atom is -0.393 e. The van der Waals surface area contributed by atoms with E-state index in [1.807, 2.05) is 17.9 Å². The van der Waals surface area contributed by atoms with Crippen LogP contribution in [0.15, 0.2) is 17.5 Å². The first-order valence-electron chi connectivity index (χ1n) is 7.32. The van der Waals surface area contributed by atoms with E-state index in [0.29, 0.717) is 18.4 Å². The highest BCUT2D eigenvalue weighted by atomic mass is 32.1. The second-order valence-corrected chi connectivity index (χ2v) is 6.65. The molecule has 0 bridgehead atoms. The van der Waals surface area contributed by atoms with Crippen LogP contribution in [0.2, 0.25) is 0 Å². The van der Waals surface area contributed by atoms with Crippen LogP contribution in [-0.4, -0.2) is 41.8 Å². The van der Waals surface area contributed by atoms with Crippen molar-refractivity contribution in [2.75, 3.05) is 19.6 Å². The smallest absolute Gasteiger partial charge is 0.317 e. The SMILES string of the molecule is CC(CNC(=O)N1CCC(C(C)O)CC1)c1cccs1. The van der Waals surface area contributed by atoms with E-state index < -0.39 is 0 Å². The van der Waals surface area contributed by atoms with Gasteiger partial charge in [-0.2, -0.15) is 0 Å². The Hall–Kier alpha value is -1.07. The Kier molecular flexibility index (Phi) is 5.43. The Morgan fingerprint density at radius 1 is 1.50 bits per heavy atom. The van der Waals surface area contributed by atoms with Crippen LogP contribution in [0, 0.1) is 5.92 Å². The van der Waals surface area contributed by atoms with Gasteiger partial charge >= 0.3 is 6.03 Å². The lowest BCUT2D eigenvalue weighted by atomic mass is 9.92. The van der Waals surface area contributed by atoms with Gasteiger partial charge in [-0.3, -0.25) is 0 Å². The summed E-state index contributed by atoms with van der Waals surface area (Å²) in [5.41, 5.74) is 0. The van der Waals surface area contributed by atoms with Crippen LogP contribution in [0.3, 0.4) is 0 Å². The standard InChI is InChI=1S/C15H24N2O2S/c1-11(14-4-3-9-20-14)10-16-15(19)17-7-5-13(6-8-17)12(2)18/h3-4,9,11-13,18H,5-8,10H2,1-2H3,(H,16,19). The molecule has 1 saturated heterocycles. The summed E-state index contributed by atoms with van der Waals surface area (Å²) in [6.45, 7) is 6.13. The number of likely N-dealkylation sites (tertiary alicyclic amines) is 1. The largest absolute Gasteiger partial charge is 0.393 e. The Balaban J connectivity index is 1.73. The van der Waals surface area contributed by atoms with Gasteiger partial charge in [0.15, 0.2) is 0 Å². The fraction of sp³-hybridized carbons (Fsp3) is 0.667. The number of aliphatic hydroxyl groups excluding tert-OH is 1. The molecule has 2 heterocycles. The molecule has 0 saturated carbocycles. The van der Waals surface area contributed by atoms with Crippen LogP contribution in [0.1, 0.15) is 37.5 Å². The number of piperidine rings is 1. The van der Waals surface area contributed by atoms with Gasteiger partial charge in [0.05, 0.1) is 6.10 Å². The van der Waals surface area contributed by atoms with E-state index in [0.717, 1.165) is 25.9 Å². The molecule has 2 N–H and O–H groups in total. The van der Waals surface area contributed by atoms with E-state index in [1.54, 1.807) is 11.3 Å². The molecule has 1 aliphatic rings. The average Bonchev–Trinajstić information content (AvgIpc) is 2.98. The van der Waals surface area contributed by atoms with Gasteiger partial charge in [-0.05, 0) is 37.1 Å². The normalized spacial score (nSPS) is 19.6. The zero-order chi connectivity index (χ0) is 14.5. The van der Waals surface area contributed by atoms with Crippen molar-refractivity contribution < 1.29 is 9.90 Å². The van der Waals surface area contributed by atoms with E-state index in [-0.39, 0.29) is 12.1 Å². The third-order valence-corrected chi connectivity index (χ3v) is 5.20. The number of nitrogens with one attached hydrogen (secondary N) is 1. The second-order valence-electron chi connectivity index (χ2n) is 5.67. The van der Waals surface area contributed by atoms with Crippen molar-refractivity contribution >= 4 is 17.4 Å². The van der Waals surface area contributed by atoms with Crippen molar-refractivity contribution in [1.82, 2.24) is 10.2 Å². The number of carbonyl (C=O) groups excluding carboxylic acids is 1. The van der Waals surface area contributed by atoms with Gasteiger partial charge in [-0.15, -0.1) is 11.3 Å². The third-order valence-electron chi connectivity index (χ3n) is 4.10. The lowest BCUT2D eigenvalue weighted by molar-refractivity contribution is 0.0798. The number of carbonyl (C=O) groups is 1. The van der Waals surface area contributed by atoms with E-state index >= 15 is 0 Å². The number of amides is 2. The molecular weight excluding hydrogens is 272 g/mol. The molecule has 20 heavy (non-hydrogen) atoms. The lowest BCUT2D eigenvalue weighted by Crippen LogP contribution is -2.46. The van der Waals surface area contributed by atoms with Crippen LogP contribution < -0.4 is 5.32 Å². The summed E-state index contributed by atoms with van der Waals surface area (Å²) in [6.07, 6.45) is 1.52. The quantitative estimate of drug-likeness (QED) is 0.897. The number of rotatable bonds is 4. The molecule has 4 nitrogen and oxygen atoms in total. The van der Waals surface area contributed by atoms with Crippen molar-refractivity contribution in [3.63, 3.8) is 0 Å². The predicted molar refractivity (Wildman–Crippen MR) is 82.1 cm³/mol. The minimum absolute atomic E-state index is 0.0254. The molecule has 112 valence electrons. The maximum absolute atomic E-state index is 12.1. The van der Waals surface area contributed by atoms with Crippen LogP contribution in [0.5, 0.6) is 0 Å². The number of aliphatic hydroxyl groups is 1. The van der Waals surface area contributed by atoms with Gasteiger partial charge in [-0.25, -0.2) is 4.79 Å². The molecule has 2 atom stereocenters. The Bertz CT molecular complexity index is 412. The molecule has 1 aromatic heterocycles. The minimum atomic E-state index is -0.265. The van der Waals surface area contributed by atoms with Crippen molar-refractivity contribution in [3.8, 4) is 0 Å². The maximum atomic E-state index is 12.1. The Morgan fingerprint density at radius 2 is 2.20 bits per heavy atom. The highest BCUT2D eigenvalue weighted by Gasteiger charge is 2.25. The molecule has 5 heteroatoms. The van der Waals surface area contributed by atoms with E-state index in [1.165, 1.54) is 4.88 Å². The summed E-state index contributed by atoms with van der Waals surface area (Å²) in [6, 6.07) is 4.17. The zero-order valence-electron chi connectivity index (χ0n) is 12.2. The highest BCUT2D eigenvalue weighted by Crippen LogP contribution is 2.21. The van der Waals surface area contributed by atoms with Gasteiger partial charge in [-0.1, -0.05) is 13.0 Å². The van der Waals surface area contributed by atoms with Crippen molar-refractivity contribution in [3.05, 3.63) is 22.4 Å². The van der Waals surface area contributed by atoms with Crippen molar-refractivity contribution in [2.45, 2.75) is 38.7 Å². The van der Waals surface area contributed by atoms with E-state index in [2.05, 4.69) is 23.7 Å². The number of thiophene rings is 1. The molecule has 0 spiro atoms. The monoisotopic (exact) mass is 296 g/mol. The summed E-state index contributed by atoms with van der Waals surface area (Å²) in [5, 5.41) is 14.6. The fourth-order valence-electron chi connectivity index (χ4n) is 2.61. The summed E-state index contributed by atoms with van der Waals surface area (Å²) >= 11 is 1.73. The first-order valence-corrected chi connectivity index (χ1v) is 8.20. The van der Waals surface area contributed by atoms with Gasteiger partial charge in [0.25, 0.3) is 0 Å². The van der Waals surface area contributed by atoms with Crippen molar-refractivity contribution in [2.24, 2.45) is 5.92 Å². The molecular formula is C15H24N2O2S. The number of hydrogen-bond acceptors (Lipinski definition) is 3. The second kappa shape index (κ2) is 7.09. The first-order chi connectivity index (χ1) is 9.58. The summed E-state index contributed by atoms with van der Waals surface area (Å²) in [7, 11) is 0. The first kappa shape index (κ1) is 15.3. The third kappa shape index (κ3) is 3.96. The molecule has 0 radical (unpaired) electrons. The molecule has 0 aromatic carbocycles. The predicted octanol–water partition coefficient (Wildman–Crippen LogP) is 2.65. The topological polar surface area (TPSA) is 52.6 Å². The molecule has 1 aliphatic heterocycles. The molecule has 2 unspecified atom stereocenters. The van der Waals surface area contributed by atoms with Crippen LogP contribution in [0.25, 0.3) is 0 Å². The van der Waals surface area contributed by atoms with Gasteiger partial charge < -0.3 is 15.3 Å². The summed E-state index contributed by atoms with van der Waals surface area (Å²) in [4.78, 5) is 15.3. The van der Waals surface area contributed by atoms with Crippen LogP contribution in [-0.2, 0) is 0 Å². The Morgan fingerprint density at radius 3 is 2.75 bits per heavy atom. The van der Waals surface area contributed by atoms with Gasteiger partial charge in [0, 0.05) is 30.4 Å². The molecule has 1 aromatic rings. The molecule has 0 aliphatic carbocycles. The molecule has 2 rings (SSSR count). The van der Waals surface area contributed by atoms with Gasteiger partial charge in [0.1, 0.15) is 0 Å². The Labute approximate surface area is 124 Å². The van der Waals surface area contributed by atoms with E-state index in [9.17, 15) is 9.90 Å². The average molecular weight is 296 g/mol. The number of hydrogen-bond donors (Lipinski definition) is 2. The lowest BCUT2D eigenvalue weighted by Gasteiger charge is -2.33. The summed E-state index contributed by atoms with van der Waals surface area (Å²) < 4.78 is 0. The van der Waals surface area contributed by atoms with E-state index in [4.69, 9.17) is 0 Å². The maximum Gasteiger partial charge on any atom is 0.317 e. The number of nitrogens with zero attached hydrogens (tertiary/aromatic N) is 1. The zero-order valence-corrected chi connectivity index (χ0v) is 13.0. The van der Waals surface area contributed by atoms with Crippen LogP contribution in [0.4, 0.5) is 4.79 Å². The fourth-order valence-corrected chi connectivity index (χ4v) is 3.40.